The van der Waals surface area contributed by atoms with Crippen LogP contribution in [0.1, 0.15) is 75.8 Å². The highest BCUT2D eigenvalue weighted by atomic mass is 16.2. The van der Waals surface area contributed by atoms with Crippen molar-refractivity contribution in [1.82, 2.24) is 5.43 Å². The summed E-state index contributed by atoms with van der Waals surface area (Å²) in [7, 11) is 0. The lowest BCUT2D eigenvalue weighted by Crippen LogP contribution is -2.42. The first-order chi connectivity index (χ1) is 11.6. The van der Waals surface area contributed by atoms with Gasteiger partial charge in [-0.15, -0.1) is 0 Å². The number of carbonyl (C=O) groups excluding carboxylic acids is 1. The monoisotopic (exact) mass is 326 g/mol. The minimum atomic E-state index is 0.129. The Morgan fingerprint density at radius 3 is 2.54 bits per heavy atom. The quantitative estimate of drug-likeness (QED) is 0.850. The van der Waals surface area contributed by atoms with Gasteiger partial charge in [0.05, 0.1) is 0 Å². The summed E-state index contributed by atoms with van der Waals surface area (Å²) in [6, 6.07) is 8.83. The Morgan fingerprint density at radius 2 is 1.79 bits per heavy atom. The van der Waals surface area contributed by atoms with E-state index < -0.39 is 0 Å². The number of carbonyl (C=O) groups is 1. The van der Waals surface area contributed by atoms with Gasteiger partial charge in [-0.25, -0.2) is 5.43 Å². The van der Waals surface area contributed by atoms with E-state index in [9.17, 15) is 4.79 Å². The molecule has 0 bridgehead atoms. The zero-order valence-electron chi connectivity index (χ0n) is 15.1. The van der Waals surface area contributed by atoms with E-state index in [1.165, 1.54) is 48.9 Å². The molecule has 3 heteroatoms. The van der Waals surface area contributed by atoms with E-state index in [-0.39, 0.29) is 11.8 Å². The standard InChI is InChI=1S/C21H30N2O/c1-15(2)17-10-8-9-16(13-17)14-20-18-11-6-4-3-5-7-12-19(18)21(24)23-22-20/h8-10,13,15,18-19H,3-7,11-12,14H2,1-2H3,(H,23,24). The average molecular weight is 326 g/mol. The first-order valence-electron chi connectivity index (χ1n) is 9.60. The zero-order chi connectivity index (χ0) is 16.9. The van der Waals surface area contributed by atoms with Crippen LogP contribution < -0.4 is 5.43 Å². The molecule has 1 heterocycles. The molecular formula is C21H30N2O. The number of amides is 1. The van der Waals surface area contributed by atoms with E-state index in [0.29, 0.717) is 11.8 Å². The van der Waals surface area contributed by atoms with Gasteiger partial charge in [-0.2, -0.15) is 5.10 Å². The highest BCUT2D eigenvalue weighted by Gasteiger charge is 2.35. The number of hydrazone groups is 1. The summed E-state index contributed by atoms with van der Waals surface area (Å²) in [5.74, 6) is 1.14. The normalized spacial score (nSPS) is 25.1. The van der Waals surface area contributed by atoms with Crippen molar-refractivity contribution in [3.63, 3.8) is 0 Å². The van der Waals surface area contributed by atoms with Crippen molar-refractivity contribution in [3.05, 3.63) is 35.4 Å². The van der Waals surface area contributed by atoms with Crippen LogP contribution in [0, 0.1) is 11.8 Å². The third kappa shape index (κ3) is 4.06. The second-order valence-electron chi connectivity index (χ2n) is 7.71. The molecular weight excluding hydrogens is 296 g/mol. The third-order valence-electron chi connectivity index (χ3n) is 5.59. The van der Waals surface area contributed by atoms with Gasteiger partial charge in [0, 0.05) is 24.0 Å². The molecule has 1 N–H and O–H groups in total. The molecule has 1 fully saturated rings. The number of rotatable bonds is 3. The Balaban J connectivity index is 1.80. The maximum absolute atomic E-state index is 12.3. The third-order valence-corrected chi connectivity index (χ3v) is 5.59. The first kappa shape index (κ1) is 17.2. The number of fused-ring (bicyclic) bond motifs is 1. The Hall–Kier alpha value is -1.64. The van der Waals surface area contributed by atoms with Gasteiger partial charge >= 0.3 is 0 Å². The largest absolute Gasteiger partial charge is 0.273 e. The maximum atomic E-state index is 12.3. The van der Waals surface area contributed by atoms with Gasteiger partial charge in [0.15, 0.2) is 0 Å². The highest BCUT2D eigenvalue weighted by Crippen LogP contribution is 2.32. The van der Waals surface area contributed by atoms with E-state index in [2.05, 4.69) is 48.6 Å². The van der Waals surface area contributed by atoms with Crippen LogP contribution >= 0.6 is 0 Å². The predicted octanol–water partition coefficient (Wildman–Crippen LogP) is 4.82. The minimum Gasteiger partial charge on any atom is -0.273 e. The first-order valence-corrected chi connectivity index (χ1v) is 9.60. The van der Waals surface area contributed by atoms with Crippen molar-refractivity contribution in [3.8, 4) is 0 Å². The van der Waals surface area contributed by atoms with Gasteiger partial charge in [-0.1, -0.05) is 70.2 Å². The van der Waals surface area contributed by atoms with Crippen molar-refractivity contribution >= 4 is 11.6 Å². The molecule has 1 aromatic rings. The van der Waals surface area contributed by atoms with Crippen LogP contribution in [0.3, 0.4) is 0 Å². The summed E-state index contributed by atoms with van der Waals surface area (Å²) in [6.07, 6.45) is 9.25. The summed E-state index contributed by atoms with van der Waals surface area (Å²) >= 11 is 0. The van der Waals surface area contributed by atoms with Crippen LogP contribution in [-0.4, -0.2) is 11.6 Å². The van der Waals surface area contributed by atoms with Crippen molar-refractivity contribution in [1.29, 1.82) is 0 Å². The van der Waals surface area contributed by atoms with Crippen LogP contribution in [-0.2, 0) is 11.2 Å². The molecule has 1 aromatic carbocycles. The lowest BCUT2D eigenvalue weighted by Gasteiger charge is -2.30. The maximum Gasteiger partial charge on any atom is 0.243 e. The van der Waals surface area contributed by atoms with Crippen LogP contribution in [0.5, 0.6) is 0 Å². The molecule has 2 atom stereocenters. The molecule has 1 amide bonds. The van der Waals surface area contributed by atoms with E-state index in [4.69, 9.17) is 0 Å². The minimum absolute atomic E-state index is 0.129. The molecule has 2 unspecified atom stereocenters. The molecule has 24 heavy (non-hydrogen) atoms. The number of benzene rings is 1. The fraction of sp³-hybridized carbons (Fsp3) is 0.619. The Morgan fingerprint density at radius 1 is 1.08 bits per heavy atom. The lowest BCUT2D eigenvalue weighted by molar-refractivity contribution is -0.127. The molecule has 3 rings (SSSR count). The average Bonchev–Trinajstić information content (AvgIpc) is 2.70. The fourth-order valence-electron chi connectivity index (χ4n) is 4.11. The Labute approximate surface area is 145 Å². The number of nitrogens with zero attached hydrogens (tertiary/aromatic N) is 1. The molecule has 2 aliphatic rings. The Kier molecular flexibility index (Phi) is 5.70. The van der Waals surface area contributed by atoms with Crippen molar-refractivity contribution in [2.45, 2.75) is 71.1 Å². The van der Waals surface area contributed by atoms with Gasteiger partial charge in [-0.3, -0.25) is 4.79 Å². The number of hydrogen-bond acceptors (Lipinski definition) is 2. The van der Waals surface area contributed by atoms with Gasteiger partial charge in [0.25, 0.3) is 0 Å². The van der Waals surface area contributed by atoms with E-state index in [1.54, 1.807) is 0 Å². The molecule has 130 valence electrons. The topological polar surface area (TPSA) is 41.5 Å². The molecule has 0 aromatic heterocycles. The van der Waals surface area contributed by atoms with Crippen molar-refractivity contribution in [2.24, 2.45) is 16.9 Å². The van der Waals surface area contributed by atoms with Crippen LogP contribution in [0.25, 0.3) is 0 Å². The molecule has 1 saturated carbocycles. The summed E-state index contributed by atoms with van der Waals surface area (Å²) < 4.78 is 0. The van der Waals surface area contributed by atoms with Crippen molar-refractivity contribution < 1.29 is 4.79 Å². The summed E-state index contributed by atoms with van der Waals surface area (Å²) in [5, 5.41) is 4.48. The summed E-state index contributed by atoms with van der Waals surface area (Å²) in [4.78, 5) is 12.3. The van der Waals surface area contributed by atoms with Crippen molar-refractivity contribution in [2.75, 3.05) is 0 Å². The summed E-state index contributed by atoms with van der Waals surface area (Å²) in [6.45, 7) is 4.46. The van der Waals surface area contributed by atoms with E-state index >= 15 is 0 Å². The molecule has 1 aliphatic carbocycles. The van der Waals surface area contributed by atoms with Gasteiger partial charge in [0.2, 0.25) is 5.91 Å². The van der Waals surface area contributed by atoms with Gasteiger partial charge < -0.3 is 0 Å². The SMILES string of the molecule is CC(C)c1cccc(CC2=NNC(=O)C3CCCCCCCC23)c1. The van der Waals surface area contributed by atoms with E-state index in [1.807, 2.05) is 0 Å². The second-order valence-corrected chi connectivity index (χ2v) is 7.71. The second kappa shape index (κ2) is 7.96. The van der Waals surface area contributed by atoms with E-state index in [0.717, 1.165) is 19.3 Å². The smallest absolute Gasteiger partial charge is 0.243 e. The summed E-state index contributed by atoms with van der Waals surface area (Å²) in [5.41, 5.74) is 6.68. The fourth-order valence-corrected chi connectivity index (χ4v) is 4.11. The van der Waals surface area contributed by atoms with Crippen LogP contribution in [0.4, 0.5) is 0 Å². The number of nitrogens with one attached hydrogen (secondary N) is 1. The zero-order valence-corrected chi connectivity index (χ0v) is 15.1. The number of hydrogen-bond donors (Lipinski definition) is 1. The molecule has 0 spiro atoms. The lowest BCUT2D eigenvalue weighted by atomic mass is 9.78. The predicted molar refractivity (Wildman–Crippen MR) is 99.1 cm³/mol. The molecule has 1 aliphatic heterocycles. The Bertz CT molecular complexity index is 606. The molecule has 3 nitrogen and oxygen atoms in total. The van der Waals surface area contributed by atoms with Gasteiger partial charge in [0.1, 0.15) is 0 Å². The highest BCUT2D eigenvalue weighted by molar-refractivity contribution is 5.97. The van der Waals surface area contributed by atoms with Gasteiger partial charge in [-0.05, 0) is 29.9 Å². The molecule has 0 saturated heterocycles. The van der Waals surface area contributed by atoms with Crippen LogP contribution in [0.15, 0.2) is 29.4 Å². The van der Waals surface area contributed by atoms with Crippen LogP contribution in [0.2, 0.25) is 0 Å². The molecule has 0 radical (unpaired) electrons.